The summed E-state index contributed by atoms with van der Waals surface area (Å²) in [6.07, 6.45) is 0.620. The molecule has 15 nitrogen and oxygen atoms in total. The summed E-state index contributed by atoms with van der Waals surface area (Å²) in [7, 11) is -9.30. The number of ether oxygens (including phenoxy) is 1. The van der Waals surface area contributed by atoms with Gasteiger partial charge in [0.15, 0.2) is 24.4 Å². The van der Waals surface area contributed by atoms with Crippen LogP contribution in [0.25, 0.3) is 43.7 Å². The van der Waals surface area contributed by atoms with Crippen molar-refractivity contribution >= 4 is 86.5 Å². The highest BCUT2D eigenvalue weighted by atomic mass is 31.2. The molecule has 3 aliphatic heterocycles. The summed E-state index contributed by atoms with van der Waals surface area (Å²) in [6.45, 7) is 6.41. The van der Waals surface area contributed by atoms with Gasteiger partial charge in [-0.05, 0) is 140 Å². The Morgan fingerprint density at radius 3 is 1.66 bits per heavy atom. The quantitative estimate of drug-likeness (QED) is 0.0412. The summed E-state index contributed by atoms with van der Waals surface area (Å²) in [5, 5.41) is 27.2. The SMILES string of the molecule is Cc1ccc(N)cc1.Cc1ccc(N2COc3ccccc3C2P2(=O)Oc3ccccc3-c3ccccc32)cc1.Cc1ccc(NC(c2ccccc2O)P2(=O)Oc3ccccc3-c3ccccc32)cc1.O=Cc1ccccc1O.O=[p+]1oc2ccccc2c2ccccc21.[2H]OP=O. The minimum absolute atomic E-state index is 0.0347. The van der Waals surface area contributed by atoms with E-state index < -0.39 is 42.6 Å². The number of fused-ring (bicyclic) bond motifs is 10. The molecule has 16 rings (SSSR count). The van der Waals surface area contributed by atoms with Crippen molar-refractivity contribution in [3.8, 4) is 51.0 Å². The van der Waals surface area contributed by atoms with Crippen LogP contribution in [0.5, 0.6) is 28.7 Å². The number of phenolic OH excluding ortho intramolecular Hbond substituents is 2. The first kappa shape index (κ1) is 67.1. The number of anilines is 3. The Labute approximate surface area is 571 Å². The molecule has 0 bridgehead atoms. The lowest BCUT2D eigenvalue weighted by Gasteiger charge is -2.43. The second kappa shape index (κ2) is 31.3. The molecule has 490 valence electrons. The number of aromatic hydroxyl groups is 2. The van der Waals surface area contributed by atoms with Crippen molar-refractivity contribution in [3.05, 3.63) is 325 Å². The number of aryl methyl sites for hydroxylation is 3. The van der Waals surface area contributed by atoms with Gasteiger partial charge in [-0.25, -0.2) is 8.76 Å². The number of benzene rings is 12. The number of aldehydes is 1. The Hall–Kier alpha value is -10.9. The van der Waals surface area contributed by atoms with Gasteiger partial charge in [0.25, 0.3) is 0 Å². The maximum atomic E-state index is 15.1. The highest BCUT2D eigenvalue weighted by Gasteiger charge is 2.50. The third kappa shape index (κ3) is 15.2. The van der Waals surface area contributed by atoms with Crippen LogP contribution >= 0.6 is 31.1 Å². The molecule has 13 aromatic rings. The summed E-state index contributed by atoms with van der Waals surface area (Å²) >= 11 is 0. The van der Waals surface area contributed by atoms with E-state index in [4.69, 9.17) is 34.8 Å². The molecule has 5 atom stereocenters. The molecule has 5 unspecified atom stereocenters. The number of carbonyl (C=O) groups excluding carboxylic acids is 1. The van der Waals surface area contributed by atoms with Crippen LogP contribution in [-0.2, 0) is 18.3 Å². The first-order valence-electron chi connectivity index (χ1n) is 31.5. The van der Waals surface area contributed by atoms with E-state index in [2.05, 4.69) is 46.3 Å². The molecule has 4 heterocycles. The average Bonchev–Trinajstić information content (AvgIpc) is 0.726. The van der Waals surface area contributed by atoms with Gasteiger partial charge in [-0.3, -0.25) is 13.9 Å². The molecule has 0 saturated heterocycles. The zero-order valence-corrected chi connectivity index (χ0v) is 57.0. The lowest BCUT2D eigenvalue weighted by molar-refractivity contribution is 0.112. The van der Waals surface area contributed by atoms with Gasteiger partial charge in [0.1, 0.15) is 34.5 Å². The first-order valence-corrected chi connectivity index (χ1v) is 36.4. The number of nitrogens with zero attached hydrogens (tertiary/aromatic N) is 1. The van der Waals surface area contributed by atoms with E-state index in [9.17, 15) is 19.0 Å². The minimum Gasteiger partial charge on any atom is -0.508 e. The monoisotopic (exact) mass is 1380 g/mol. The van der Waals surface area contributed by atoms with Gasteiger partial charge in [0.2, 0.25) is 6.55 Å². The first-order chi connectivity index (χ1) is 48.1. The number of hydrogen-bond acceptors (Lipinski definition) is 15. The van der Waals surface area contributed by atoms with Crippen molar-refractivity contribution in [2.75, 3.05) is 22.7 Å². The van der Waals surface area contributed by atoms with Crippen LogP contribution in [-0.4, -0.2) is 29.6 Å². The van der Waals surface area contributed by atoms with E-state index in [1.807, 2.05) is 238 Å². The molecular weight excluding hydrogens is 1310 g/mol. The van der Waals surface area contributed by atoms with Crippen molar-refractivity contribution in [1.29, 1.82) is 1.43 Å². The van der Waals surface area contributed by atoms with Crippen LogP contribution in [0.1, 0.15) is 49.7 Å². The minimum atomic E-state index is -3.54. The number of nitrogens with one attached hydrogen (secondary N) is 1. The number of carbonyl (C=O) groups is 1. The van der Waals surface area contributed by atoms with Gasteiger partial charge in [0, 0.05) is 50.1 Å². The molecule has 3 aliphatic rings. The van der Waals surface area contributed by atoms with E-state index in [1.54, 1.807) is 36.4 Å². The van der Waals surface area contributed by atoms with E-state index in [-0.39, 0.29) is 11.5 Å². The largest absolute Gasteiger partial charge is 0.597 e. The van der Waals surface area contributed by atoms with Gasteiger partial charge in [-0.1, -0.05) is 205 Å². The van der Waals surface area contributed by atoms with Gasteiger partial charge in [-0.15, -0.1) is 0 Å². The van der Waals surface area contributed by atoms with Gasteiger partial charge < -0.3 is 44.8 Å². The van der Waals surface area contributed by atoms with Crippen molar-refractivity contribution < 1.29 is 56.1 Å². The molecule has 19 heteroatoms. The molecule has 0 aliphatic carbocycles. The average molecular weight is 1380 g/mol. The van der Waals surface area contributed by atoms with Crippen LogP contribution in [0.2, 0.25) is 0 Å². The molecule has 0 amide bonds. The van der Waals surface area contributed by atoms with Crippen LogP contribution in [0.3, 0.4) is 0 Å². The second-order valence-electron chi connectivity index (χ2n) is 22.9. The third-order valence-corrected chi connectivity index (χ3v) is 22.9. The smallest absolute Gasteiger partial charge is 0.508 e. The third-order valence-electron chi connectivity index (χ3n) is 16.4. The Balaban J connectivity index is 0.000000135. The lowest BCUT2D eigenvalue weighted by atomic mass is 10.0. The predicted octanol–water partition coefficient (Wildman–Crippen LogP) is 20.3. The number of nitrogens with two attached hydrogens (primary N) is 1. The standard InChI is InChI=1S/C27H22NO3P.C26H22NO3P.C12H8O2P.C7H9N.C7H6O2.HO2P/c1-19-14-16-20(17-15-19)28-18-30-24-11-5-3-10-23(24)27(28)32(29)26-13-7-4-9-22(26)21-8-2-6-12-25(21)31-32;1-18-14-16-19(17-15-18)27-26(22-10-2-5-11-23(22)28)31(29)25-13-7-4-9-21(25)20-8-3-6-12-24(20)30-31;13-15-12-8-4-2-6-10(12)9-5-1-3-7-11(9)14-15;1-6-2-4-7(8)5-3-6;8-5-6-3-1-2-4-7(6)9;1-3-2/h2-17,27H,18H2,1H3;2-17,26-28H,1H3;1-8H;2-5H,8H2,1H3;1-5,9H;(H,1,2)/q;;+1;;;/i/hD. The zero-order chi connectivity index (χ0) is 69.5. The summed E-state index contributed by atoms with van der Waals surface area (Å²) < 4.78 is 80.3. The van der Waals surface area contributed by atoms with Crippen LogP contribution in [0.15, 0.2) is 295 Å². The predicted molar refractivity (Wildman–Crippen MR) is 394 cm³/mol. The number of phenols is 2. The number of nitrogen functional groups attached to an aromatic ring is 1. The molecule has 0 fully saturated rings. The fraction of sp³-hybridized carbons (Fsp3) is 0.0759. The van der Waals surface area contributed by atoms with E-state index in [0.29, 0.717) is 46.5 Å². The summed E-state index contributed by atoms with van der Waals surface area (Å²) in [5.74, 6) is 0.805. The van der Waals surface area contributed by atoms with Crippen LogP contribution in [0, 0.1) is 20.8 Å². The van der Waals surface area contributed by atoms with Gasteiger partial charge in [0.05, 0.1) is 16.2 Å². The maximum absolute atomic E-state index is 15.1. The Kier molecular flexibility index (Phi) is 21.5. The van der Waals surface area contributed by atoms with Crippen LogP contribution < -0.4 is 40.3 Å². The molecular formula is C79H68N3O12P4+. The summed E-state index contributed by atoms with van der Waals surface area (Å²) in [5.41, 5.74) is 17.7. The van der Waals surface area contributed by atoms with Gasteiger partial charge in [-0.2, -0.15) is 0 Å². The molecule has 0 saturated carbocycles. The highest BCUT2D eigenvalue weighted by molar-refractivity contribution is 7.68. The topological polar surface area (TPSA) is 228 Å². The van der Waals surface area contributed by atoms with Crippen molar-refractivity contribution in [1.82, 2.24) is 0 Å². The number of rotatable bonds is 8. The highest BCUT2D eigenvalue weighted by Crippen LogP contribution is 2.67. The number of hydrogen-bond donors (Lipinski definition) is 5. The van der Waals surface area contributed by atoms with Crippen molar-refractivity contribution in [3.63, 3.8) is 0 Å². The summed E-state index contributed by atoms with van der Waals surface area (Å²) in [6, 6.07) is 91.4. The molecule has 98 heavy (non-hydrogen) atoms. The zero-order valence-electron chi connectivity index (χ0n) is 54.4. The second-order valence-corrected chi connectivity index (χ2v) is 28.9. The lowest BCUT2D eigenvalue weighted by Crippen LogP contribution is -2.40. The fourth-order valence-corrected chi connectivity index (χ4v) is 18.1. The van der Waals surface area contributed by atoms with E-state index in [1.165, 1.54) is 17.2 Å². The van der Waals surface area contributed by atoms with Crippen molar-refractivity contribution in [2.45, 2.75) is 32.3 Å². The fourth-order valence-electron chi connectivity index (χ4n) is 11.6. The Bertz CT molecular complexity index is 5140. The summed E-state index contributed by atoms with van der Waals surface area (Å²) in [4.78, 5) is 15.3. The van der Waals surface area contributed by atoms with Crippen LogP contribution in [0.4, 0.5) is 17.1 Å². The normalized spacial score (nSPS) is 16.2. The number of para-hydroxylation sites is 6. The Morgan fingerprint density at radius 1 is 0.561 bits per heavy atom. The molecule has 12 aromatic carbocycles. The maximum Gasteiger partial charge on any atom is 0.597 e. The molecule has 0 spiro atoms. The van der Waals surface area contributed by atoms with E-state index in [0.717, 1.165) is 77.4 Å². The van der Waals surface area contributed by atoms with E-state index >= 15 is 4.57 Å². The molecule has 6 N–H and O–H groups in total. The molecule has 0 radical (unpaired) electrons. The van der Waals surface area contributed by atoms with Crippen molar-refractivity contribution in [2.24, 2.45) is 0 Å². The Morgan fingerprint density at radius 2 is 1.05 bits per heavy atom. The molecule has 1 aromatic heterocycles. The van der Waals surface area contributed by atoms with Gasteiger partial charge >= 0.3 is 31.1 Å².